The predicted molar refractivity (Wildman–Crippen MR) is 149 cm³/mol. The van der Waals surface area contributed by atoms with E-state index in [2.05, 4.69) is 15.0 Å². The van der Waals surface area contributed by atoms with Gasteiger partial charge >= 0.3 is 12.0 Å². The topological polar surface area (TPSA) is 112 Å². The molecule has 0 amide bonds. The Kier molecular flexibility index (Phi) is 8.64. The summed E-state index contributed by atoms with van der Waals surface area (Å²) in [5, 5.41) is 8.89. The lowest BCUT2D eigenvalue weighted by Gasteiger charge is -2.11. The van der Waals surface area contributed by atoms with Crippen molar-refractivity contribution in [3.8, 4) is 23.3 Å². The predicted octanol–water partition coefficient (Wildman–Crippen LogP) is 5.39. The van der Waals surface area contributed by atoms with Crippen LogP contribution < -0.4 is 4.74 Å². The Morgan fingerprint density at radius 2 is 1.81 bits per heavy atom. The lowest BCUT2D eigenvalue weighted by molar-refractivity contribution is 0.0600. The highest BCUT2D eigenvalue weighted by Gasteiger charge is 2.19. The first kappa shape index (κ1) is 29.2. The number of hydrogen-bond acceptors (Lipinski definition) is 8. The molecule has 0 fully saturated rings. The Morgan fingerprint density at radius 1 is 0.977 bits per heavy atom. The summed E-state index contributed by atoms with van der Waals surface area (Å²) in [6, 6.07) is 14.5. The van der Waals surface area contributed by atoms with E-state index in [9.17, 15) is 13.6 Å². The summed E-state index contributed by atoms with van der Waals surface area (Å²) >= 11 is 0. The summed E-state index contributed by atoms with van der Waals surface area (Å²) in [5.74, 6) is -2.08. The van der Waals surface area contributed by atoms with Gasteiger partial charge in [0.15, 0.2) is 5.82 Å². The van der Waals surface area contributed by atoms with E-state index < -0.39 is 23.4 Å². The quantitative estimate of drug-likeness (QED) is 0.200. The summed E-state index contributed by atoms with van der Waals surface area (Å²) in [6.07, 6.45) is 1.56. The number of esters is 1. The van der Waals surface area contributed by atoms with Gasteiger partial charge in [-0.05, 0) is 48.0 Å². The zero-order chi connectivity index (χ0) is 30.5. The van der Waals surface area contributed by atoms with Gasteiger partial charge in [0.1, 0.15) is 29.6 Å². The number of nitriles is 1. The molecular weight excluding hydrogens is 563 g/mol. The number of carbonyl (C=O) groups excluding carboxylic acids is 1. The molecule has 9 nitrogen and oxygen atoms in total. The molecule has 5 rings (SSSR count). The molecule has 0 N–H and O–H groups in total. The second kappa shape index (κ2) is 12.7. The molecule has 0 aliphatic carbocycles. The standard InChI is InChI=1S/C31H24F3N5O4/c1-41-10-9-39-27-15-21(30(40)42-2)14-25(34)29(27)38-28(39)13-18-4-6-22(24(33)11-18)26-7-8-36-31(37-26)43-17-20-5-3-19(16-35)12-23(20)32/h3-8,11-12,14-15H,9-10,13,17H2,1-2H3. The van der Waals surface area contributed by atoms with Gasteiger partial charge in [-0.15, -0.1) is 0 Å². The van der Waals surface area contributed by atoms with Crippen LogP contribution in [0.1, 0.15) is 32.9 Å². The van der Waals surface area contributed by atoms with E-state index in [1.165, 1.54) is 50.7 Å². The van der Waals surface area contributed by atoms with Crippen LogP contribution in [0.15, 0.2) is 60.8 Å². The van der Waals surface area contributed by atoms with Crippen LogP contribution in [0.2, 0.25) is 0 Å². The molecule has 12 heteroatoms. The van der Waals surface area contributed by atoms with Gasteiger partial charge in [-0.2, -0.15) is 10.2 Å². The monoisotopic (exact) mass is 587 g/mol. The molecule has 3 aromatic carbocycles. The van der Waals surface area contributed by atoms with Crippen LogP contribution in [0.5, 0.6) is 6.01 Å². The van der Waals surface area contributed by atoms with Gasteiger partial charge in [-0.3, -0.25) is 0 Å². The minimum absolute atomic E-state index is 0.0447. The Labute approximate surface area is 244 Å². The Hall–Kier alpha value is -5.28. The van der Waals surface area contributed by atoms with Crippen LogP contribution in [0.25, 0.3) is 22.3 Å². The van der Waals surface area contributed by atoms with Crippen LogP contribution >= 0.6 is 0 Å². The van der Waals surface area contributed by atoms with E-state index in [4.69, 9.17) is 19.5 Å². The molecule has 43 heavy (non-hydrogen) atoms. The van der Waals surface area contributed by atoms with E-state index in [1.807, 2.05) is 6.07 Å². The number of fused-ring (bicyclic) bond motifs is 1. The third-order valence-corrected chi connectivity index (χ3v) is 6.67. The van der Waals surface area contributed by atoms with Crippen LogP contribution in [0.3, 0.4) is 0 Å². The Bertz CT molecular complexity index is 1870. The van der Waals surface area contributed by atoms with Crippen molar-refractivity contribution in [2.75, 3.05) is 20.8 Å². The van der Waals surface area contributed by atoms with Gasteiger partial charge in [-0.25, -0.2) is 27.9 Å². The van der Waals surface area contributed by atoms with E-state index in [0.717, 1.165) is 12.1 Å². The molecule has 0 saturated carbocycles. The number of carbonyl (C=O) groups is 1. The minimum Gasteiger partial charge on any atom is -0.465 e. The number of halogens is 3. The van der Waals surface area contributed by atoms with Crippen LogP contribution in [-0.2, 0) is 29.0 Å². The van der Waals surface area contributed by atoms with Crippen molar-refractivity contribution < 1.29 is 32.2 Å². The van der Waals surface area contributed by atoms with Crippen LogP contribution in [-0.4, -0.2) is 46.3 Å². The fraction of sp³-hybridized carbons (Fsp3) is 0.194. The number of rotatable bonds is 10. The third kappa shape index (κ3) is 6.32. The number of hydrogen-bond donors (Lipinski definition) is 0. The molecule has 0 unspecified atom stereocenters. The van der Waals surface area contributed by atoms with Gasteiger partial charge < -0.3 is 18.8 Å². The van der Waals surface area contributed by atoms with Gasteiger partial charge in [0, 0.05) is 37.4 Å². The number of aromatic nitrogens is 4. The SMILES string of the molecule is COCCn1c(Cc2ccc(-c3ccnc(OCc4ccc(C#N)cc4F)n3)c(F)c2)nc2c(F)cc(C(=O)OC)cc21. The maximum atomic E-state index is 15.4. The smallest absolute Gasteiger partial charge is 0.338 e. The van der Waals surface area contributed by atoms with Gasteiger partial charge in [0.25, 0.3) is 0 Å². The fourth-order valence-electron chi connectivity index (χ4n) is 4.53. The fourth-order valence-corrected chi connectivity index (χ4v) is 4.53. The first-order valence-electron chi connectivity index (χ1n) is 13.0. The third-order valence-electron chi connectivity index (χ3n) is 6.67. The number of ether oxygens (including phenoxy) is 3. The van der Waals surface area contributed by atoms with Gasteiger partial charge in [0.05, 0.1) is 42.1 Å². The average Bonchev–Trinajstić information content (AvgIpc) is 3.36. The van der Waals surface area contributed by atoms with Crippen molar-refractivity contribution in [3.05, 3.63) is 106 Å². The van der Waals surface area contributed by atoms with Crippen molar-refractivity contribution in [2.24, 2.45) is 0 Å². The lowest BCUT2D eigenvalue weighted by Crippen LogP contribution is -2.10. The lowest BCUT2D eigenvalue weighted by atomic mass is 10.1. The van der Waals surface area contributed by atoms with Gasteiger partial charge in [0.2, 0.25) is 0 Å². The van der Waals surface area contributed by atoms with E-state index in [1.54, 1.807) is 16.7 Å². The van der Waals surface area contributed by atoms with Crippen molar-refractivity contribution in [1.29, 1.82) is 5.26 Å². The first-order chi connectivity index (χ1) is 20.8. The maximum Gasteiger partial charge on any atom is 0.338 e. The molecule has 218 valence electrons. The summed E-state index contributed by atoms with van der Waals surface area (Å²) in [5.41, 5.74) is 1.89. The van der Waals surface area contributed by atoms with Crippen molar-refractivity contribution >= 4 is 17.0 Å². The van der Waals surface area contributed by atoms with Crippen molar-refractivity contribution in [1.82, 2.24) is 19.5 Å². The Balaban J connectivity index is 1.39. The van der Waals surface area contributed by atoms with Crippen molar-refractivity contribution in [2.45, 2.75) is 19.6 Å². The molecule has 2 heterocycles. The van der Waals surface area contributed by atoms with E-state index >= 15 is 4.39 Å². The second-order valence-electron chi connectivity index (χ2n) is 9.41. The summed E-state index contributed by atoms with van der Waals surface area (Å²) in [6.45, 7) is 0.434. The van der Waals surface area contributed by atoms with Gasteiger partial charge in [-0.1, -0.05) is 12.1 Å². The summed E-state index contributed by atoms with van der Waals surface area (Å²) < 4.78 is 61.6. The zero-order valence-electron chi connectivity index (χ0n) is 23.1. The molecule has 0 aliphatic heterocycles. The number of imidazole rings is 1. The minimum atomic E-state index is -0.681. The van der Waals surface area contributed by atoms with Crippen molar-refractivity contribution in [3.63, 3.8) is 0 Å². The molecule has 0 atom stereocenters. The first-order valence-corrected chi connectivity index (χ1v) is 13.0. The largest absolute Gasteiger partial charge is 0.465 e. The Morgan fingerprint density at radius 3 is 2.53 bits per heavy atom. The van der Waals surface area contributed by atoms with E-state index in [0.29, 0.717) is 30.1 Å². The molecule has 0 radical (unpaired) electrons. The number of methoxy groups -OCH3 is 2. The molecule has 0 aliphatic rings. The summed E-state index contributed by atoms with van der Waals surface area (Å²) in [7, 11) is 2.74. The van der Waals surface area contributed by atoms with Crippen LogP contribution in [0.4, 0.5) is 13.2 Å². The zero-order valence-corrected chi connectivity index (χ0v) is 23.1. The second-order valence-corrected chi connectivity index (χ2v) is 9.41. The molecule has 0 saturated heterocycles. The molecular formula is C31H24F3N5O4. The molecule has 0 spiro atoms. The van der Waals surface area contributed by atoms with E-state index in [-0.39, 0.29) is 52.5 Å². The molecule has 0 bridgehead atoms. The number of benzene rings is 3. The number of nitrogens with zero attached hydrogens (tertiary/aromatic N) is 5. The maximum absolute atomic E-state index is 15.4. The highest BCUT2D eigenvalue weighted by Crippen LogP contribution is 2.27. The molecule has 5 aromatic rings. The highest BCUT2D eigenvalue weighted by atomic mass is 19.1. The molecule has 2 aromatic heterocycles. The van der Waals surface area contributed by atoms with Crippen LogP contribution in [0, 0.1) is 28.8 Å². The normalized spacial score (nSPS) is 11.0. The summed E-state index contributed by atoms with van der Waals surface area (Å²) in [4.78, 5) is 24.8. The average molecular weight is 588 g/mol. The highest BCUT2D eigenvalue weighted by molar-refractivity contribution is 5.94.